The Morgan fingerprint density at radius 3 is 2.52 bits per heavy atom. The van der Waals surface area contributed by atoms with Gasteiger partial charge in [0.1, 0.15) is 10.6 Å². The molecule has 2 N–H and O–H groups in total. The fourth-order valence-corrected chi connectivity index (χ4v) is 7.67. The van der Waals surface area contributed by atoms with E-state index in [4.69, 9.17) is 14.7 Å². The summed E-state index contributed by atoms with van der Waals surface area (Å²) in [4.78, 5) is 28.4. The van der Waals surface area contributed by atoms with Crippen molar-refractivity contribution in [1.82, 2.24) is 20.3 Å². The van der Waals surface area contributed by atoms with Crippen molar-refractivity contribution in [2.24, 2.45) is 0 Å². The highest BCUT2D eigenvalue weighted by Gasteiger charge is 2.50. The van der Waals surface area contributed by atoms with Gasteiger partial charge in [-0.3, -0.25) is 0 Å². The number of morpholine rings is 1. The summed E-state index contributed by atoms with van der Waals surface area (Å²) in [6, 6.07) is 14.3. The monoisotopic (exact) mass is 562 g/mol. The van der Waals surface area contributed by atoms with Crippen molar-refractivity contribution in [3.8, 4) is 11.4 Å². The van der Waals surface area contributed by atoms with Gasteiger partial charge in [0.15, 0.2) is 10.9 Å². The maximum absolute atomic E-state index is 14.2. The van der Waals surface area contributed by atoms with Gasteiger partial charge < -0.3 is 20.3 Å². The van der Waals surface area contributed by atoms with E-state index >= 15 is 0 Å². The normalized spacial score (nSPS) is 20.7. The molecule has 1 saturated heterocycles. The number of sulfone groups is 1. The molecule has 6 rings (SSSR count). The van der Waals surface area contributed by atoms with Crippen LogP contribution in [-0.4, -0.2) is 61.2 Å². The van der Waals surface area contributed by atoms with Crippen molar-refractivity contribution in [3.63, 3.8) is 0 Å². The van der Waals surface area contributed by atoms with Crippen molar-refractivity contribution in [1.29, 1.82) is 0 Å². The zero-order chi connectivity index (χ0) is 27.7. The lowest BCUT2D eigenvalue weighted by atomic mass is 10.0. The van der Waals surface area contributed by atoms with Crippen molar-refractivity contribution in [3.05, 3.63) is 60.4 Å². The van der Waals surface area contributed by atoms with Crippen LogP contribution in [0.1, 0.15) is 51.1 Å². The third kappa shape index (κ3) is 5.15. The molecular weight excluding hydrogens is 528 g/mol. The smallest absolute Gasteiger partial charge is 0.319 e. The highest BCUT2D eigenvalue weighted by Crippen LogP contribution is 2.48. The Bertz CT molecular complexity index is 1470. The molecule has 0 unspecified atom stereocenters. The van der Waals surface area contributed by atoms with Crippen LogP contribution in [0.3, 0.4) is 0 Å². The molecule has 10 nitrogen and oxygen atoms in total. The van der Waals surface area contributed by atoms with Gasteiger partial charge >= 0.3 is 6.03 Å². The van der Waals surface area contributed by atoms with Crippen LogP contribution in [0.15, 0.2) is 59.8 Å². The molecule has 1 aliphatic heterocycles. The molecule has 3 heterocycles. The summed E-state index contributed by atoms with van der Waals surface area (Å²) in [5.74, 6) is 1.13. The number of amides is 2. The number of hydrogen-bond acceptors (Lipinski definition) is 8. The number of rotatable bonds is 7. The van der Waals surface area contributed by atoms with E-state index in [1.165, 1.54) is 6.20 Å². The second kappa shape index (κ2) is 10.8. The minimum absolute atomic E-state index is 0.0678. The Balaban J connectivity index is 1.41. The minimum atomic E-state index is -3.84. The number of urea groups is 1. The molecule has 0 spiro atoms. The number of nitrogens with one attached hydrogen (secondary N) is 2. The predicted molar refractivity (Wildman–Crippen MR) is 152 cm³/mol. The van der Waals surface area contributed by atoms with Crippen LogP contribution < -0.4 is 15.5 Å². The maximum Gasteiger partial charge on any atom is 0.319 e. The summed E-state index contributed by atoms with van der Waals surface area (Å²) < 4.78 is 32.8. The molecule has 3 aliphatic rings. The largest absolute Gasteiger partial charge is 0.377 e. The molecule has 2 aliphatic carbocycles. The first-order valence-corrected chi connectivity index (χ1v) is 15.4. The molecule has 3 fully saturated rings. The Morgan fingerprint density at radius 1 is 1.07 bits per heavy atom. The zero-order valence-electron chi connectivity index (χ0n) is 22.5. The lowest BCUT2D eigenvalue weighted by molar-refractivity contribution is 0.0985. The number of anilines is 2. The van der Waals surface area contributed by atoms with Gasteiger partial charge in [0.25, 0.3) is 0 Å². The fraction of sp³-hybridized carbons (Fsp3) is 0.448. The lowest BCUT2D eigenvalue weighted by Crippen LogP contribution is -2.44. The molecule has 11 heteroatoms. The second-order valence-corrected chi connectivity index (χ2v) is 13.1. The van der Waals surface area contributed by atoms with Crippen LogP contribution in [0.25, 0.3) is 11.4 Å². The van der Waals surface area contributed by atoms with Gasteiger partial charge in [-0.15, -0.1) is 0 Å². The first-order chi connectivity index (χ1) is 19.4. The quantitative estimate of drug-likeness (QED) is 0.437. The van der Waals surface area contributed by atoms with Gasteiger partial charge in [-0.1, -0.05) is 18.9 Å². The molecule has 1 atom stereocenters. The van der Waals surface area contributed by atoms with E-state index < -0.39 is 14.6 Å². The molecule has 2 saturated carbocycles. The Kier molecular flexibility index (Phi) is 7.18. The number of carbonyl (C=O) groups is 1. The van der Waals surface area contributed by atoms with E-state index in [9.17, 15) is 13.2 Å². The third-order valence-corrected chi connectivity index (χ3v) is 10.4. The van der Waals surface area contributed by atoms with Crippen LogP contribution in [-0.2, 0) is 19.3 Å². The zero-order valence-corrected chi connectivity index (χ0v) is 23.4. The maximum atomic E-state index is 14.2. The van der Waals surface area contributed by atoms with E-state index in [1.54, 1.807) is 18.2 Å². The summed E-state index contributed by atoms with van der Waals surface area (Å²) in [6.07, 6.45) is 6.07. The van der Waals surface area contributed by atoms with E-state index in [1.807, 2.05) is 30.3 Å². The Hall–Kier alpha value is -3.57. The van der Waals surface area contributed by atoms with E-state index in [2.05, 4.69) is 27.4 Å². The molecular formula is C29H34N6O4S. The number of nitrogens with zero attached hydrogens (tertiary/aromatic N) is 4. The standard InChI is InChI=1S/C29H34N6O4S/c1-20-19-39-17-16-35(20)25-18-24(29(13-3-4-14-29)40(37,38)26-6-2-5-15-30-26)33-27(34-25)21-7-9-22(10-8-21)31-28(36)32-23-11-12-23/h2,5-10,15,18,20,23H,3-4,11-14,16-17,19H2,1H3,(H2,31,32,36)/t20-/m0/s1. The molecule has 40 heavy (non-hydrogen) atoms. The van der Waals surface area contributed by atoms with Crippen LogP contribution >= 0.6 is 0 Å². The second-order valence-electron chi connectivity index (χ2n) is 10.9. The molecule has 3 aromatic rings. The number of carbonyl (C=O) groups excluding carboxylic acids is 1. The number of pyridine rings is 1. The molecule has 210 valence electrons. The van der Waals surface area contributed by atoms with Gasteiger partial charge in [-0.25, -0.2) is 28.2 Å². The molecule has 0 bridgehead atoms. The van der Waals surface area contributed by atoms with E-state index in [-0.39, 0.29) is 23.1 Å². The van der Waals surface area contributed by atoms with Crippen LogP contribution in [0.4, 0.5) is 16.3 Å². The Morgan fingerprint density at radius 2 is 1.85 bits per heavy atom. The van der Waals surface area contributed by atoms with Crippen molar-refractivity contribution in [2.75, 3.05) is 30.0 Å². The first-order valence-electron chi connectivity index (χ1n) is 13.9. The minimum Gasteiger partial charge on any atom is -0.377 e. The van der Waals surface area contributed by atoms with Crippen LogP contribution in [0.5, 0.6) is 0 Å². The van der Waals surface area contributed by atoms with Crippen molar-refractivity contribution in [2.45, 2.75) is 67.3 Å². The fourth-order valence-electron chi connectivity index (χ4n) is 5.61. The van der Waals surface area contributed by atoms with Crippen molar-refractivity contribution >= 4 is 27.4 Å². The number of benzene rings is 1. The predicted octanol–water partition coefficient (Wildman–Crippen LogP) is 4.29. The van der Waals surface area contributed by atoms with Gasteiger partial charge in [0.2, 0.25) is 9.84 Å². The van der Waals surface area contributed by atoms with Gasteiger partial charge in [-0.2, -0.15) is 0 Å². The number of ether oxygens (including phenoxy) is 1. The van der Waals surface area contributed by atoms with Gasteiger partial charge in [-0.05, 0) is 69.0 Å². The SMILES string of the molecule is C[C@H]1COCCN1c1cc(C2(S(=O)(=O)c3ccccn3)CCCC2)nc(-c2ccc(NC(=O)NC3CC3)cc2)n1. The van der Waals surface area contributed by atoms with Gasteiger partial charge in [0.05, 0.1) is 24.9 Å². The highest BCUT2D eigenvalue weighted by molar-refractivity contribution is 7.92. The van der Waals surface area contributed by atoms with E-state index in [0.29, 0.717) is 55.6 Å². The highest BCUT2D eigenvalue weighted by atomic mass is 32.2. The Labute approximate surface area is 234 Å². The molecule has 2 aromatic heterocycles. The summed E-state index contributed by atoms with van der Waals surface area (Å²) in [6.45, 7) is 3.86. The summed E-state index contributed by atoms with van der Waals surface area (Å²) in [5.41, 5.74) is 1.89. The third-order valence-electron chi connectivity index (χ3n) is 7.99. The first kappa shape index (κ1) is 26.6. The van der Waals surface area contributed by atoms with Gasteiger partial charge in [0, 0.05) is 36.1 Å². The number of aromatic nitrogens is 3. The number of hydrogen-bond donors (Lipinski definition) is 2. The summed E-state index contributed by atoms with van der Waals surface area (Å²) >= 11 is 0. The summed E-state index contributed by atoms with van der Waals surface area (Å²) in [5, 5.41) is 5.84. The van der Waals surface area contributed by atoms with Crippen LogP contribution in [0, 0.1) is 0 Å². The molecule has 2 amide bonds. The average Bonchev–Trinajstić information content (AvgIpc) is 3.63. The van der Waals surface area contributed by atoms with E-state index in [0.717, 1.165) is 31.2 Å². The van der Waals surface area contributed by atoms with Crippen LogP contribution in [0.2, 0.25) is 0 Å². The van der Waals surface area contributed by atoms with Crippen molar-refractivity contribution < 1.29 is 17.9 Å². The molecule has 0 radical (unpaired) electrons. The summed E-state index contributed by atoms with van der Waals surface area (Å²) in [7, 11) is -3.84. The molecule has 1 aromatic carbocycles. The topological polar surface area (TPSA) is 126 Å². The average molecular weight is 563 g/mol. The lowest BCUT2D eigenvalue weighted by Gasteiger charge is -2.35.